The minimum absolute atomic E-state index is 0.290. The van der Waals surface area contributed by atoms with E-state index in [9.17, 15) is 17.6 Å². The average Bonchev–Trinajstić information content (AvgIpc) is 2.45. The van der Waals surface area contributed by atoms with Crippen LogP contribution in [0.5, 0.6) is 0 Å². The number of anilines is 1. The number of piperidine rings is 1. The number of halogens is 1. The molecular formula is C16H24FN3O3S. The first-order chi connectivity index (χ1) is 11.2. The normalized spacial score (nSPS) is 22.5. The number of likely N-dealkylation sites (N-methyl/N-ethyl adjacent to an activating group) is 1. The Morgan fingerprint density at radius 2 is 1.96 bits per heavy atom. The summed E-state index contributed by atoms with van der Waals surface area (Å²) in [5, 5.41) is 2.50. The molecule has 0 radical (unpaired) electrons. The van der Waals surface area contributed by atoms with Gasteiger partial charge in [-0.25, -0.2) is 4.39 Å². The third-order valence-electron chi connectivity index (χ3n) is 4.03. The largest absolute Gasteiger partial charge is 0.325 e. The molecule has 2 atom stereocenters. The number of carbonyl (C=O) groups is 1. The lowest BCUT2D eigenvalue weighted by Gasteiger charge is -2.36. The number of hydrogen-bond donors (Lipinski definition) is 1. The van der Waals surface area contributed by atoms with Gasteiger partial charge in [0.15, 0.2) is 0 Å². The van der Waals surface area contributed by atoms with Crippen molar-refractivity contribution in [2.45, 2.75) is 20.3 Å². The summed E-state index contributed by atoms with van der Waals surface area (Å²) in [6.45, 7) is 4.65. The molecule has 0 aliphatic carbocycles. The number of nitrogens with zero attached hydrogens (tertiary/aromatic N) is 2. The molecule has 1 saturated heterocycles. The van der Waals surface area contributed by atoms with Crippen LogP contribution in [0.15, 0.2) is 24.3 Å². The van der Waals surface area contributed by atoms with Crippen LogP contribution in [0.2, 0.25) is 0 Å². The number of rotatable bonds is 5. The highest BCUT2D eigenvalue weighted by molar-refractivity contribution is 7.86. The van der Waals surface area contributed by atoms with Crippen molar-refractivity contribution < 1.29 is 17.6 Å². The lowest BCUT2D eigenvalue weighted by Crippen LogP contribution is -2.49. The van der Waals surface area contributed by atoms with Gasteiger partial charge in [-0.2, -0.15) is 17.0 Å². The fourth-order valence-electron chi connectivity index (χ4n) is 3.04. The fourth-order valence-corrected chi connectivity index (χ4v) is 4.60. The molecule has 24 heavy (non-hydrogen) atoms. The Bertz CT molecular complexity index is 686. The first-order valence-electron chi connectivity index (χ1n) is 7.95. The minimum atomic E-state index is -3.69. The van der Waals surface area contributed by atoms with E-state index in [2.05, 4.69) is 5.32 Å². The first-order valence-corrected chi connectivity index (χ1v) is 9.35. The Hall–Kier alpha value is -1.51. The molecule has 1 aromatic rings. The molecule has 0 unspecified atom stereocenters. The third-order valence-corrected chi connectivity index (χ3v) is 5.90. The van der Waals surface area contributed by atoms with Crippen LogP contribution in [0.3, 0.4) is 0 Å². The van der Waals surface area contributed by atoms with Crippen molar-refractivity contribution in [3.05, 3.63) is 30.1 Å². The molecule has 1 aliphatic heterocycles. The van der Waals surface area contributed by atoms with Gasteiger partial charge in [-0.05, 0) is 36.5 Å². The summed E-state index contributed by atoms with van der Waals surface area (Å²) in [6, 6.07) is 5.47. The molecular weight excluding hydrogens is 333 g/mol. The summed E-state index contributed by atoms with van der Waals surface area (Å²) >= 11 is 0. The summed E-state index contributed by atoms with van der Waals surface area (Å²) < 4.78 is 40.8. The predicted octanol–water partition coefficient (Wildman–Crippen LogP) is 1.92. The number of carbonyl (C=O) groups excluding carboxylic acids is 1. The van der Waals surface area contributed by atoms with E-state index in [1.54, 1.807) is 6.07 Å². The van der Waals surface area contributed by atoms with Gasteiger partial charge in [-0.15, -0.1) is 0 Å². The van der Waals surface area contributed by atoms with Gasteiger partial charge in [0.25, 0.3) is 10.2 Å². The van der Waals surface area contributed by atoms with Gasteiger partial charge >= 0.3 is 0 Å². The Morgan fingerprint density at radius 3 is 2.54 bits per heavy atom. The SMILES string of the molecule is C[C@@H]1C[C@H](C)CN(S(=O)(=O)N(C)CC(=O)Nc2cccc(F)c2)C1. The monoisotopic (exact) mass is 357 g/mol. The van der Waals surface area contributed by atoms with Gasteiger partial charge < -0.3 is 5.32 Å². The molecule has 1 heterocycles. The van der Waals surface area contributed by atoms with E-state index in [-0.39, 0.29) is 18.4 Å². The molecule has 1 aromatic carbocycles. The summed E-state index contributed by atoms with van der Waals surface area (Å²) in [5.74, 6) is -0.397. The zero-order chi connectivity index (χ0) is 17.9. The van der Waals surface area contributed by atoms with E-state index in [4.69, 9.17) is 0 Å². The molecule has 6 nitrogen and oxygen atoms in total. The average molecular weight is 357 g/mol. The molecule has 134 valence electrons. The molecule has 8 heteroatoms. The maximum absolute atomic E-state index is 13.1. The van der Waals surface area contributed by atoms with Gasteiger partial charge in [0, 0.05) is 25.8 Å². The highest BCUT2D eigenvalue weighted by Crippen LogP contribution is 2.24. The van der Waals surface area contributed by atoms with Crippen LogP contribution in [0, 0.1) is 17.7 Å². The zero-order valence-electron chi connectivity index (χ0n) is 14.2. The van der Waals surface area contributed by atoms with Crippen molar-refractivity contribution in [1.82, 2.24) is 8.61 Å². The summed E-state index contributed by atoms with van der Waals surface area (Å²) in [7, 11) is -2.31. The van der Waals surface area contributed by atoms with Crippen molar-refractivity contribution in [3.63, 3.8) is 0 Å². The first kappa shape index (κ1) is 18.8. The van der Waals surface area contributed by atoms with Crippen LogP contribution in [-0.2, 0) is 15.0 Å². The Labute approximate surface area is 142 Å². The molecule has 1 fully saturated rings. The van der Waals surface area contributed by atoms with Gasteiger partial charge in [0.2, 0.25) is 5.91 Å². The second-order valence-electron chi connectivity index (χ2n) is 6.59. The molecule has 2 rings (SSSR count). The fraction of sp³-hybridized carbons (Fsp3) is 0.562. The quantitative estimate of drug-likeness (QED) is 0.875. The van der Waals surface area contributed by atoms with Gasteiger partial charge in [0.1, 0.15) is 5.82 Å². The van der Waals surface area contributed by atoms with Crippen molar-refractivity contribution >= 4 is 21.8 Å². The second kappa shape index (κ2) is 7.58. The van der Waals surface area contributed by atoms with Crippen LogP contribution < -0.4 is 5.32 Å². The molecule has 0 spiro atoms. The minimum Gasteiger partial charge on any atom is -0.325 e. The summed E-state index contributed by atoms with van der Waals surface area (Å²) in [6.07, 6.45) is 0.996. The zero-order valence-corrected chi connectivity index (χ0v) is 15.0. The maximum atomic E-state index is 13.1. The summed E-state index contributed by atoms with van der Waals surface area (Å²) in [5.41, 5.74) is 0.297. The van der Waals surface area contributed by atoms with E-state index < -0.39 is 21.9 Å². The van der Waals surface area contributed by atoms with E-state index in [0.717, 1.165) is 10.7 Å². The standard InChI is InChI=1S/C16H24FN3O3S/c1-12-7-13(2)10-20(9-12)24(22,23)19(3)11-16(21)18-15-6-4-5-14(17)8-15/h4-6,8,12-13H,7,9-11H2,1-3H3,(H,18,21)/t12-,13+. The number of benzene rings is 1. The van der Waals surface area contributed by atoms with E-state index in [0.29, 0.717) is 18.8 Å². The van der Waals surface area contributed by atoms with Crippen LogP contribution >= 0.6 is 0 Å². The number of hydrogen-bond acceptors (Lipinski definition) is 3. The Balaban J connectivity index is 1.99. The maximum Gasteiger partial charge on any atom is 0.282 e. The lowest BCUT2D eigenvalue weighted by molar-refractivity contribution is -0.116. The molecule has 0 bridgehead atoms. The smallest absolute Gasteiger partial charge is 0.282 e. The van der Waals surface area contributed by atoms with Crippen molar-refractivity contribution in [1.29, 1.82) is 0 Å². The predicted molar refractivity (Wildman–Crippen MR) is 91.1 cm³/mol. The van der Waals surface area contributed by atoms with Gasteiger partial charge in [0.05, 0.1) is 6.54 Å². The van der Waals surface area contributed by atoms with Crippen molar-refractivity contribution in [2.75, 3.05) is 32.0 Å². The van der Waals surface area contributed by atoms with E-state index >= 15 is 0 Å². The van der Waals surface area contributed by atoms with Crippen LogP contribution in [-0.4, -0.2) is 49.6 Å². The van der Waals surface area contributed by atoms with Gasteiger partial charge in [-0.1, -0.05) is 19.9 Å². The van der Waals surface area contributed by atoms with Crippen molar-refractivity contribution in [2.24, 2.45) is 11.8 Å². The van der Waals surface area contributed by atoms with Gasteiger partial charge in [-0.3, -0.25) is 4.79 Å². The van der Waals surface area contributed by atoms with Crippen molar-refractivity contribution in [3.8, 4) is 0 Å². The highest BCUT2D eigenvalue weighted by Gasteiger charge is 2.33. The Kier molecular flexibility index (Phi) is 5.95. The van der Waals surface area contributed by atoms with E-state index in [1.165, 1.54) is 29.6 Å². The molecule has 0 aromatic heterocycles. The molecule has 1 aliphatic rings. The summed E-state index contributed by atoms with van der Waals surface area (Å²) in [4.78, 5) is 12.0. The molecule has 0 saturated carbocycles. The molecule has 1 N–H and O–H groups in total. The van der Waals surface area contributed by atoms with E-state index in [1.807, 2.05) is 13.8 Å². The molecule has 1 amide bonds. The highest BCUT2D eigenvalue weighted by atomic mass is 32.2. The number of amides is 1. The van der Waals surface area contributed by atoms with Crippen LogP contribution in [0.4, 0.5) is 10.1 Å². The van der Waals surface area contributed by atoms with Crippen LogP contribution in [0.1, 0.15) is 20.3 Å². The topological polar surface area (TPSA) is 69.7 Å². The van der Waals surface area contributed by atoms with Crippen LogP contribution in [0.25, 0.3) is 0 Å². The number of nitrogens with one attached hydrogen (secondary N) is 1. The second-order valence-corrected chi connectivity index (χ2v) is 8.62. The lowest BCUT2D eigenvalue weighted by atomic mass is 9.94. The third kappa shape index (κ3) is 4.75. The Morgan fingerprint density at radius 1 is 1.33 bits per heavy atom.